The van der Waals surface area contributed by atoms with E-state index in [2.05, 4.69) is 72.7 Å². The minimum absolute atomic E-state index is 0.0450. The first-order chi connectivity index (χ1) is 15.8. The number of H-pyrrole nitrogens is 1. The minimum Gasteiger partial charge on any atom is -0.438 e. The lowest BCUT2D eigenvalue weighted by Crippen LogP contribution is -2.51. The van der Waals surface area contributed by atoms with Gasteiger partial charge in [-0.1, -0.05) is 41.5 Å². The number of aromatic nitrogens is 2. The van der Waals surface area contributed by atoms with Crippen molar-refractivity contribution in [3.63, 3.8) is 0 Å². The van der Waals surface area contributed by atoms with Gasteiger partial charge in [0.1, 0.15) is 12.2 Å². The molecule has 12 heteroatoms. The summed E-state index contributed by atoms with van der Waals surface area (Å²) < 4.78 is 31.1. The van der Waals surface area contributed by atoms with Crippen molar-refractivity contribution in [1.29, 1.82) is 0 Å². The molecule has 1 aliphatic heterocycles. The van der Waals surface area contributed by atoms with Crippen LogP contribution in [0.25, 0.3) is 0 Å². The van der Waals surface area contributed by atoms with E-state index in [1.54, 1.807) is 0 Å². The predicted molar refractivity (Wildman–Crippen MR) is 138 cm³/mol. The van der Waals surface area contributed by atoms with Gasteiger partial charge in [-0.15, -0.1) is 0 Å². The van der Waals surface area contributed by atoms with Crippen LogP contribution in [-0.2, 0) is 23.1 Å². The van der Waals surface area contributed by atoms with Crippen LogP contribution >= 0.6 is 0 Å². The highest BCUT2D eigenvalue weighted by Gasteiger charge is 2.54. The molecule has 0 spiro atoms. The molecule has 0 radical (unpaired) electrons. The van der Waals surface area contributed by atoms with Crippen molar-refractivity contribution in [2.24, 2.45) is 0 Å². The van der Waals surface area contributed by atoms with Crippen LogP contribution in [0.5, 0.6) is 0 Å². The molecule has 0 aromatic carbocycles. The van der Waals surface area contributed by atoms with Gasteiger partial charge in [-0.25, -0.2) is 9.59 Å². The quantitative estimate of drug-likeness (QED) is 0.415. The molecule has 0 bridgehead atoms. The van der Waals surface area contributed by atoms with Gasteiger partial charge in [-0.3, -0.25) is 14.3 Å². The second-order valence-electron chi connectivity index (χ2n) is 12.0. The van der Waals surface area contributed by atoms with E-state index in [-0.39, 0.29) is 16.7 Å². The number of hydrogen-bond donors (Lipinski definition) is 1. The minimum atomic E-state index is -2.43. The number of nitrogens with one attached hydrogen (secondary N) is 1. The van der Waals surface area contributed by atoms with Gasteiger partial charge in [0.2, 0.25) is 0 Å². The number of nitrogens with zero attached hydrogens (tertiary/aromatic N) is 1. The highest BCUT2D eigenvalue weighted by atomic mass is 28.4. The first kappa shape index (κ1) is 29.5. The standard InChI is InChI=1S/C23H42N2O8Si2/c1-22(2,3)34(8,9)30-14-15-17(32-21(28)29-7)18(33-35(10,11)23(4,5)6)19(31-15)25-13-12-16(26)24-20(25)27/h12-13,15,17-19H,14H2,1-11H3,(H,24,26,27). The van der Waals surface area contributed by atoms with Crippen molar-refractivity contribution in [2.75, 3.05) is 13.7 Å². The molecule has 1 aromatic rings. The van der Waals surface area contributed by atoms with E-state index in [1.165, 1.54) is 23.9 Å². The van der Waals surface area contributed by atoms with Gasteiger partial charge in [0.25, 0.3) is 5.56 Å². The molecule has 1 fully saturated rings. The number of aromatic amines is 1. The Labute approximate surface area is 209 Å². The third kappa shape index (κ3) is 6.73. The van der Waals surface area contributed by atoms with Crippen LogP contribution in [-0.4, -0.2) is 64.4 Å². The monoisotopic (exact) mass is 530 g/mol. The Morgan fingerprint density at radius 1 is 1.03 bits per heavy atom. The molecule has 4 unspecified atom stereocenters. The molecule has 4 atom stereocenters. The van der Waals surface area contributed by atoms with E-state index >= 15 is 0 Å². The fraction of sp³-hybridized carbons (Fsp3) is 0.783. The first-order valence-corrected chi connectivity index (χ1v) is 17.7. The summed E-state index contributed by atoms with van der Waals surface area (Å²) in [6.45, 7) is 21.2. The lowest BCUT2D eigenvalue weighted by Gasteiger charge is -2.40. The Balaban J connectivity index is 2.54. The molecule has 0 saturated carbocycles. The smallest absolute Gasteiger partial charge is 0.438 e. The second-order valence-corrected chi connectivity index (χ2v) is 21.6. The number of rotatable bonds is 7. The number of carbonyl (C=O) groups excluding carboxylic acids is 1. The van der Waals surface area contributed by atoms with Crippen LogP contribution in [0.3, 0.4) is 0 Å². The van der Waals surface area contributed by atoms with Crippen molar-refractivity contribution in [1.82, 2.24) is 9.55 Å². The zero-order chi connectivity index (χ0) is 27.0. The van der Waals surface area contributed by atoms with Gasteiger partial charge in [0, 0.05) is 12.3 Å². The van der Waals surface area contributed by atoms with Crippen molar-refractivity contribution in [3.8, 4) is 0 Å². The molecule has 1 N–H and O–H groups in total. The lowest BCUT2D eigenvalue weighted by atomic mass is 10.1. The summed E-state index contributed by atoms with van der Waals surface area (Å²) in [6, 6.07) is 1.24. The molecular weight excluding hydrogens is 488 g/mol. The Hall–Kier alpha value is -1.74. The van der Waals surface area contributed by atoms with E-state index in [0.29, 0.717) is 0 Å². The highest BCUT2D eigenvalue weighted by Crippen LogP contribution is 2.43. The zero-order valence-electron chi connectivity index (χ0n) is 22.9. The number of hydrogen-bond acceptors (Lipinski definition) is 8. The fourth-order valence-electron chi connectivity index (χ4n) is 3.14. The average molecular weight is 531 g/mol. The van der Waals surface area contributed by atoms with Gasteiger partial charge < -0.3 is 23.1 Å². The Kier molecular flexibility index (Phi) is 8.70. The molecule has 2 heterocycles. The number of ether oxygens (including phenoxy) is 3. The van der Waals surface area contributed by atoms with E-state index in [4.69, 9.17) is 23.1 Å². The maximum atomic E-state index is 12.7. The first-order valence-electron chi connectivity index (χ1n) is 11.8. The predicted octanol–water partition coefficient (Wildman–Crippen LogP) is 4.00. The SMILES string of the molecule is COC(=O)OC1C(CO[Si](C)(C)C(C)(C)C)OC(n2ccc(=O)[nH]c2=O)C1O[Si](C)(C)C(C)(C)C. The lowest BCUT2D eigenvalue weighted by molar-refractivity contribution is -0.0548. The Bertz CT molecular complexity index is 1010. The molecule has 2 rings (SSSR count). The summed E-state index contributed by atoms with van der Waals surface area (Å²) in [5, 5.41) is -0.213. The summed E-state index contributed by atoms with van der Waals surface area (Å²) in [7, 11) is -3.37. The van der Waals surface area contributed by atoms with Crippen LogP contribution in [0.2, 0.25) is 36.3 Å². The molecule has 35 heavy (non-hydrogen) atoms. The van der Waals surface area contributed by atoms with Crippen LogP contribution < -0.4 is 11.2 Å². The molecule has 1 aliphatic rings. The van der Waals surface area contributed by atoms with Gasteiger partial charge >= 0.3 is 11.8 Å². The summed E-state index contributed by atoms with van der Waals surface area (Å²) in [4.78, 5) is 38.9. The number of carbonyl (C=O) groups is 1. The Morgan fingerprint density at radius 2 is 1.60 bits per heavy atom. The number of methoxy groups -OCH3 is 1. The van der Waals surface area contributed by atoms with Gasteiger partial charge in [-0.05, 0) is 36.3 Å². The summed E-state index contributed by atoms with van der Waals surface area (Å²) in [5.74, 6) is 0. The topological polar surface area (TPSA) is 118 Å². The highest BCUT2D eigenvalue weighted by molar-refractivity contribution is 6.74. The van der Waals surface area contributed by atoms with Crippen molar-refractivity contribution >= 4 is 22.8 Å². The summed E-state index contributed by atoms with van der Waals surface area (Å²) in [6.07, 6.45) is -2.91. The van der Waals surface area contributed by atoms with Gasteiger partial charge in [0.15, 0.2) is 29.0 Å². The van der Waals surface area contributed by atoms with Crippen LogP contribution in [0.15, 0.2) is 21.9 Å². The summed E-state index contributed by atoms with van der Waals surface area (Å²) >= 11 is 0. The third-order valence-electron chi connectivity index (χ3n) is 7.46. The van der Waals surface area contributed by atoms with Crippen LogP contribution in [0.4, 0.5) is 4.79 Å². The molecule has 10 nitrogen and oxygen atoms in total. The fourth-order valence-corrected chi connectivity index (χ4v) is 5.44. The average Bonchev–Trinajstić information content (AvgIpc) is 3.01. The van der Waals surface area contributed by atoms with Crippen molar-refractivity contribution in [2.45, 2.75) is 102 Å². The molecule has 1 aromatic heterocycles. The second kappa shape index (κ2) is 10.3. The molecule has 1 saturated heterocycles. The Morgan fingerprint density at radius 3 is 2.09 bits per heavy atom. The maximum Gasteiger partial charge on any atom is 0.508 e. The molecule has 200 valence electrons. The van der Waals surface area contributed by atoms with E-state index in [1.807, 2.05) is 0 Å². The molecular formula is C23H42N2O8Si2. The normalized spacial score (nSPS) is 23.9. The molecule has 0 amide bonds. The van der Waals surface area contributed by atoms with Crippen LogP contribution in [0.1, 0.15) is 47.8 Å². The summed E-state index contributed by atoms with van der Waals surface area (Å²) in [5.41, 5.74) is -1.17. The van der Waals surface area contributed by atoms with Gasteiger partial charge in [-0.2, -0.15) is 0 Å². The van der Waals surface area contributed by atoms with Crippen molar-refractivity contribution < 1.29 is 27.9 Å². The maximum absolute atomic E-state index is 12.7. The van der Waals surface area contributed by atoms with E-state index in [9.17, 15) is 14.4 Å². The van der Waals surface area contributed by atoms with Crippen molar-refractivity contribution in [3.05, 3.63) is 33.1 Å². The van der Waals surface area contributed by atoms with E-state index in [0.717, 1.165) is 0 Å². The van der Waals surface area contributed by atoms with E-state index < -0.39 is 58.6 Å². The van der Waals surface area contributed by atoms with Crippen LogP contribution in [0, 0.1) is 0 Å². The third-order valence-corrected chi connectivity index (χ3v) is 16.4. The molecule has 0 aliphatic carbocycles. The van der Waals surface area contributed by atoms with Gasteiger partial charge in [0.05, 0.1) is 13.7 Å². The zero-order valence-corrected chi connectivity index (χ0v) is 24.9. The largest absolute Gasteiger partial charge is 0.508 e.